The molecule has 0 amide bonds. The van der Waals surface area contributed by atoms with Crippen LogP contribution in [0.25, 0.3) is 0 Å². The van der Waals surface area contributed by atoms with E-state index >= 15 is 0 Å². The van der Waals surface area contributed by atoms with Crippen LogP contribution in [0.15, 0.2) is 4.99 Å². The molecular formula is C7H15N3. The van der Waals surface area contributed by atoms with Gasteiger partial charge < -0.3 is 4.90 Å². The first kappa shape index (κ1) is 9.34. The van der Waals surface area contributed by atoms with Crippen molar-refractivity contribution < 1.29 is 0 Å². The smallest absolute Gasteiger partial charge is 0.0864 e. The Bertz CT molecular complexity index is 125. The van der Waals surface area contributed by atoms with Crippen molar-refractivity contribution in [1.82, 2.24) is 4.90 Å². The molecule has 0 rings (SSSR count). The monoisotopic (exact) mass is 141 g/mol. The van der Waals surface area contributed by atoms with E-state index in [1.807, 2.05) is 27.0 Å². The number of nitrogens with zero attached hydrogens (tertiary/aromatic N) is 2. The van der Waals surface area contributed by atoms with Crippen LogP contribution in [-0.2, 0) is 0 Å². The quantitative estimate of drug-likeness (QED) is 0.585. The van der Waals surface area contributed by atoms with E-state index in [1.54, 1.807) is 0 Å². The molecule has 10 heavy (non-hydrogen) atoms. The number of hydrogen-bond acceptors (Lipinski definition) is 3. The van der Waals surface area contributed by atoms with Gasteiger partial charge in [0.1, 0.15) is 0 Å². The van der Waals surface area contributed by atoms with Gasteiger partial charge in [-0.15, -0.1) is 0 Å². The van der Waals surface area contributed by atoms with Gasteiger partial charge in [0.2, 0.25) is 0 Å². The van der Waals surface area contributed by atoms with Gasteiger partial charge in [-0.2, -0.15) is 0 Å². The Morgan fingerprint density at radius 1 is 1.60 bits per heavy atom. The van der Waals surface area contributed by atoms with E-state index in [9.17, 15) is 0 Å². The summed E-state index contributed by atoms with van der Waals surface area (Å²) in [5.41, 5.74) is 0. The molecular weight excluding hydrogens is 126 g/mol. The highest BCUT2D eigenvalue weighted by molar-refractivity contribution is 5.36. The second kappa shape index (κ2) is 5.15. The van der Waals surface area contributed by atoms with Crippen molar-refractivity contribution in [3.05, 3.63) is 0 Å². The largest absolute Gasteiger partial charge is 0.309 e. The Hall–Kier alpha value is -0.660. The first-order valence-corrected chi connectivity index (χ1v) is 3.43. The topological polar surface area (TPSA) is 39.5 Å². The van der Waals surface area contributed by atoms with Crippen LogP contribution >= 0.6 is 0 Å². The zero-order valence-electron chi connectivity index (χ0n) is 6.89. The van der Waals surface area contributed by atoms with Crippen molar-refractivity contribution in [3.8, 4) is 0 Å². The average molecular weight is 141 g/mol. The lowest BCUT2D eigenvalue weighted by atomic mass is 10.2. The maximum absolute atomic E-state index is 6.59. The van der Waals surface area contributed by atoms with E-state index in [0.29, 0.717) is 0 Å². The fourth-order valence-electron chi connectivity index (χ4n) is 0.620. The Balaban J connectivity index is 3.39. The number of nitrogens with one attached hydrogen (secondary N) is 1. The van der Waals surface area contributed by atoms with Gasteiger partial charge in [-0.3, -0.25) is 0 Å². The van der Waals surface area contributed by atoms with Gasteiger partial charge >= 0.3 is 0 Å². The average Bonchev–Trinajstić information content (AvgIpc) is 1.85. The van der Waals surface area contributed by atoms with E-state index < -0.39 is 0 Å². The maximum Gasteiger partial charge on any atom is 0.0864 e. The molecule has 0 aliphatic heterocycles. The van der Waals surface area contributed by atoms with Gasteiger partial charge in [-0.1, -0.05) is 0 Å². The Morgan fingerprint density at radius 3 is 2.60 bits per heavy atom. The molecule has 0 spiro atoms. The minimum atomic E-state index is 0.236. The molecule has 0 aliphatic carbocycles. The van der Waals surface area contributed by atoms with Crippen molar-refractivity contribution in [1.29, 1.82) is 5.41 Å². The van der Waals surface area contributed by atoms with Gasteiger partial charge in [0.25, 0.3) is 0 Å². The summed E-state index contributed by atoms with van der Waals surface area (Å²) in [5, 5.41) is 6.59. The first-order valence-electron chi connectivity index (χ1n) is 3.43. The highest BCUT2D eigenvalue weighted by Gasteiger charge is 1.97. The fraction of sp³-hybridized carbons (Fsp3) is 0.857. The number of hydrogen-bond donors (Lipinski definition) is 1. The van der Waals surface area contributed by atoms with Crippen LogP contribution in [0.3, 0.4) is 0 Å². The second-order valence-electron chi connectivity index (χ2n) is 2.68. The lowest BCUT2D eigenvalue weighted by Crippen LogP contribution is -2.16. The number of rotatable bonds is 4. The van der Waals surface area contributed by atoms with Gasteiger partial charge in [0, 0.05) is 0 Å². The summed E-state index contributed by atoms with van der Waals surface area (Å²) < 4.78 is 0. The minimum Gasteiger partial charge on any atom is -0.309 e. The summed E-state index contributed by atoms with van der Waals surface area (Å²) in [6, 6.07) is 2.28. The molecule has 1 N–H and O–H groups in total. The summed E-state index contributed by atoms with van der Waals surface area (Å²) >= 11 is 0. The summed E-state index contributed by atoms with van der Waals surface area (Å²) in [7, 11) is 4.06. The SMILES string of the molecule is CC(CCN(C)C)N=C=N. The predicted octanol–water partition coefficient (Wildman–Crippen LogP) is 1.08. The normalized spacial score (nSPS) is 12.8. The summed E-state index contributed by atoms with van der Waals surface area (Å²) in [6.07, 6.45) is 0.999. The van der Waals surface area contributed by atoms with Crippen LogP contribution in [0.5, 0.6) is 0 Å². The molecule has 0 saturated heterocycles. The van der Waals surface area contributed by atoms with E-state index in [0.717, 1.165) is 13.0 Å². The van der Waals surface area contributed by atoms with Crippen LogP contribution in [0, 0.1) is 5.41 Å². The van der Waals surface area contributed by atoms with Crippen LogP contribution in [-0.4, -0.2) is 37.6 Å². The molecule has 0 aromatic carbocycles. The van der Waals surface area contributed by atoms with E-state index in [4.69, 9.17) is 5.41 Å². The Labute approximate surface area is 62.3 Å². The van der Waals surface area contributed by atoms with Crippen LogP contribution in [0.2, 0.25) is 0 Å². The summed E-state index contributed by atoms with van der Waals surface area (Å²) in [4.78, 5) is 5.89. The second-order valence-corrected chi connectivity index (χ2v) is 2.68. The van der Waals surface area contributed by atoms with Gasteiger partial charge in [0.15, 0.2) is 0 Å². The lowest BCUT2D eigenvalue weighted by molar-refractivity contribution is 0.386. The van der Waals surface area contributed by atoms with Crippen LogP contribution in [0.1, 0.15) is 13.3 Å². The van der Waals surface area contributed by atoms with Gasteiger partial charge in [0.05, 0.1) is 12.1 Å². The Kier molecular flexibility index (Phi) is 4.81. The molecule has 0 radical (unpaired) electrons. The fourth-order valence-corrected chi connectivity index (χ4v) is 0.620. The molecule has 3 nitrogen and oxygen atoms in total. The third-order valence-corrected chi connectivity index (χ3v) is 1.28. The first-order chi connectivity index (χ1) is 4.66. The molecule has 58 valence electrons. The van der Waals surface area contributed by atoms with E-state index in [1.165, 1.54) is 0 Å². The van der Waals surface area contributed by atoms with E-state index in [2.05, 4.69) is 9.89 Å². The standard InChI is InChI=1S/C7H15N3/c1-7(9-6-8)4-5-10(2)3/h7-8H,4-5H2,1-3H3. The third-order valence-electron chi connectivity index (χ3n) is 1.28. The van der Waals surface area contributed by atoms with E-state index in [-0.39, 0.29) is 6.04 Å². The molecule has 0 aromatic rings. The highest BCUT2D eigenvalue weighted by Crippen LogP contribution is 1.95. The molecule has 0 saturated carbocycles. The maximum atomic E-state index is 6.59. The Morgan fingerprint density at radius 2 is 2.20 bits per heavy atom. The van der Waals surface area contributed by atoms with Crippen molar-refractivity contribution in [2.45, 2.75) is 19.4 Å². The van der Waals surface area contributed by atoms with Crippen LogP contribution in [0.4, 0.5) is 0 Å². The molecule has 0 bridgehead atoms. The molecule has 1 atom stereocenters. The van der Waals surface area contributed by atoms with Crippen molar-refractivity contribution >= 4 is 6.01 Å². The van der Waals surface area contributed by atoms with Crippen molar-refractivity contribution in [2.24, 2.45) is 4.99 Å². The molecule has 1 unspecified atom stereocenters. The molecule has 0 fully saturated rings. The molecule has 0 heterocycles. The third kappa shape index (κ3) is 5.48. The van der Waals surface area contributed by atoms with Crippen molar-refractivity contribution in [3.63, 3.8) is 0 Å². The minimum absolute atomic E-state index is 0.236. The zero-order valence-corrected chi connectivity index (χ0v) is 6.89. The van der Waals surface area contributed by atoms with Crippen LogP contribution < -0.4 is 0 Å². The zero-order chi connectivity index (χ0) is 7.98. The van der Waals surface area contributed by atoms with Gasteiger partial charge in [-0.05, 0) is 34.0 Å². The highest BCUT2D eigenvalue weighted by atomic mass is 15.0. The van der Waals surface area contributed by atoms with Crippen molar-refractivity contribution in [2.75, 3.05) is 20.6 Å². The molecule has 3 heteroatoms. The summed E-state index contributed by atoms with van der Waals surface area (Å²) in [5.74, 6) is 0. The number of aliphatic imine (C=N–C) groups is 1. The summed E-state index contributed by atoms with van der Waals surface area (Å²) in [6.45, 7) is 3.01. The van der Waals surface area contributed by atoms with Gasteiger partial charge in [-0.25, -0.2) is 10.4 Å². The lowest BCUT2D eigenvalue weighted by Gasteiger charge is -2.10. The predicted molar refractivity (Wildman–Crippen MR) is 42.8 cm³/mol. The molecule has 0 aromatic heterocycles. The molecule has 0 aliphatic rings.